The van der Waals surface area contributed by atoms with E-state index in [-0.39, 0.29) is 12.8 Å². The van der Waals surface area contributed by atoms with Gasteiger partial charge < -0.3 is 14.6 Å². The van der Waals surface area contributed by atoms with Gasteiger partial charge in [-0.25, -0.2) is 0 Å². The van der Waals surface area contributed by atoms with Crippen molar-refractivity contribution in [3.8, 4) is 0 Å². The summed E-state index contributed by atoms with van der Waals surface area (Å²) < 4.78 is 4.93. The predicted molar refractivity (Wildman–Crippen MR) is 123 cm³/mol. The number of unbranched alkanes of at least 4 members (excludes halogenated alkanes) is 1. The topological polar surface area (TPSA) is 66.4 Å². The Bertz CT molecular complexity index is 607. The molecule has 0 rings (SSSR count). The minimum Gasteiger partial charge on any atom is -0.550 e. The molecular formula is C26H37O4-. The molecule has 0 N–H and O–H groups in total. The van der Waals surface area contributed by atoms with Crippen molar-refractivity contribution < 1.29 is 19.4 Å². The lowest BCUT2D eigenvalue weighted by atomic mass is 10.2. The van der Waals surface area contributed by atoms with Gasteiger partial charge in [-0.15, -0.1) is 0 Å². The highest BCUT2D eigenvalue weighted by Crippen LogP contribution is 1.99. The van der Waals surface area contributed by atoms with Crippen LogP contribution in [0.3, 0.4) is 0 Å². The maximum absolute atomic E-state index is 11.2. The van der Waals surface area contributed by atoms with Crippen LogP contribution in [0.4, 0.5) is 0 Å². The van der Waals surface area contributed by atoms with E-state index in [1.54, 1.807) is 0 Å². The second-order valence-electron chi connectivity index (χ2n) is 6.65. The number of carboxylic acid groups (broad SMARTS) is 1. The van der Waals surface area contributed by atoms with Gasteiger partial charge in [0.05, 0.1) is 13.0 Å². The number of carbonyl (C=O) groups excluding carboxylic acids is 2. The molecule has 166 valence electrons. The third-order valence-electron chi connectivity index (χ3n) is 3.91. The lowest BCUT2D eigenvalue weighted by Gasteiger charge is -2.03. The van der Waals surface area contributed by atoms with E-state index in [1.807, 2.05) is 0 Å². The van der Waals surface area contributed by atoms with Gasteiger partial charge in [0.2, 0.25) is 0 Å². The number of carboxylic acids is 1. The molecule has 30 heavy (non-hydrogen) atoms. The first-order chi connectivity index (χ1) is 14.7. The Morgan fingerprint density at radius 2 is 1.10 bits per heavy atom. The van der Waals surface area contributed by atoms with Crippen molar-refractivity contribution in [2.75, 3.05) is 6.61 Å². The summed E-state index contributed by atoms with van der Waals surface area (Å²) >= 11 is 0. The molecule has 0 saturated heterocycles. The standard InChI is InChI=1S/C26H38O4/c1-2-3-4-5-6-7-8-9-10-11-12-13-14-15-16-17-18-19-20-21-24-30-26(29)23-22-25(27)28/h3-4,6-7,9-10,12-13,15-16,18-19H,2,5,8,11,14,17,20-24H2,1H3,(H,27,28)/p-1/b4-3-,7-6-,10-9-,13-12-,16-15-,19-18-. The predicted octanol–water partition coefficient (Wildman–Crippen LogP) is 5.54. The van der Waals surface area contributed by atoms with Crippen molar-refractivity contribution in [2.45, 2.75) is 71.1 Å². The Balaban J connectivity index is 3.53. The molecule has 0 aromatic carbocycles. The van der Waals surface area contributed by atoms with Crippen LogP contribution < -0.4 is 5.11 Å². The first-order valence-corrected chi connectivity index (χ1v) is 10.9. The van der Waals surface area contributed by atoms with Gasteiger partial charge in [0.1, 0.15) is 0 Å². The van der Waals surface area contributed by atoms with Crippen molar-refractivity contribution in [3.63, 3.8) is 0 Å². The SMILES string of the molecule is CC/C=C\C/C=C\C/C=C\C/C=C\C/C=C\C/C=C\CCCOC(=O)CCC(=O)[O-]. The number of rotatable bonds is 18. The van der Waals surface area contributed by atoms with Crippen LogP contribution in [0, 0.1) is 0 Å². The highest BCUT2D eigenvalue weighted by atomic mass is 16.5. The van der Waals surface area contributed by atoms with E-state index < -0.39 is 11.9 Å². The van der Waals surface area contributed by atoms with Crippen LogP contribution in [0.1, 0.15) is 71.1 Å². The van der Waals surface area contributed by atoms with Gasteiger partial charge in [0.15, 0.2) is 0 Å². The Morgan fingerprint density at radius 3 is 1.53 bits per heavy atom. The average molecular weight is 414 g/mol. The highest BCUT2D eigenvalue weighted by Gasteiger charge is 2.01. The molecule has 4 nitrogen and oxygen atoms in total. The normalized spacial score (nSPS) is 12.6. The molecule has 0 spiro atoms. The Hall–Kier alpha value is -2.62. The van der Waals surface area contributed by atoms with E-state index in [0.29, 0.717) is 6.61 Å². The zero-order valence-corrected chi connectivity index (χ0v) is 18.3. The minimum atomic E-state index is -1.23. The van der Waals surface area contributed by atoms with E-state index in [9.17, 15) is 14.7 Å². The Morgan fingerprint density at radius 1 is 0.667 bits per heavy atom. The number of hydrogen-bond acceptors (Lipinski definition) is 4. The third-order valence-corrected chi connectivity index (χ3v) is 3.91. The molecule has 0 bridgehead atoms. The zero-order valence-electron chi connectivity index (χ0n) is 18.3. The maximum Gasteiger partial charge on any atom is 0.306 e. The number of esters is 1. The molecule has 0 atom stereocenters. The summed E-state index contributed by atoms with van der Waals surface area (Å²) in [5.74, 6) is -1.72. The fourth-order valence-corrected chi connectivity index (χ4v) is 2.30. The van der Waals surface area contributed by atoms with Crippen LogP contribution in [-0.2, 0) is 14.3 Å². The van der Waals surface area contributed by atoms with E-state index in [4.69, 9.17) is 4.74 Å². The molecule has 0 radical (unpaired) electrons. The second-order valence-corrected chi connectivity index (χ2v) is 6.65. The molecule has 0 aliphatic carbocycles. The van der Waals surface area contributed by atoms with Crippen LogP contribution in [0.2, 0.25) is 0 Å². The fourth-order valence-electron chi connectivity index (χ4n) is 2.30. The number of allylic oxidation sites excluding steroid dienone is 12. The molecule has 0 aliphatic rings. The molecule has 0 aromatic rings. The molecule has 4 heteroatoms. The van der Waals surface area contributed by atoms with Crippen molar-refractivity contribution in [2.24, 2.45) is 0 Å². The smallest absolute Gasteiger partial charge is 0.306 e. The van der Waals surface area contributed by atoms with E-state index in [0.717, 1.165) is 51.4 Å². The summed E-state index contributed by atoms with van der Waals surface area (Å²) in [5, 5.41) is 10.2. The quantitative estimate of drug-likeness (QED) is 0.168. The van der Waals surface area contributed by atoms with E-state index >= 15 is 0 Å². The number of hydrogen-bond donors (Lipinski definition) is 0. The molecule has 0 saturated carbocycles. The van der Waals surface area contributed by atoms with E-state index in [1.165, 1.54) is 0 Å². The van der Waals surface area contributed by atoms with Crippen molar-refractivity contribution in [1.82, 2.24) is 0 Å². The maximum atomic E-state index is 11.2. The lowest BCUT2D eigenvalue weighted by Crippen LogP contribution is -2.23. The van der Waals surface area contributed by atoms with Crippen LogP contribution >= 0.6 is 0 Å². The van der Waals surface area contributed by atoms with Crippen LogP contribution in [0.25, 0.3) is 0 Å². The van der Waals surface area contributed by atoms with Crippen LogP contribution in [0.5, 0.6) is 0 Å². The average Bonchev–Trinajstić information content (AvgIpc) is 2.73. The molecule has 0 aromatic heterocycles. The van der Waals surface area contributed by atoms with Gasteiger partial charge in [-0.05, 0) is 57.8 Å². The summed E-state index contributed by atoms with van der Waals surface area (Å²) in [4.78, 5) is 21.4. The summed E-state index contributed by atoms with van der Waals surface area (Å²) in [6.45, 7) is 2.46. The third kappa shape index (κ3) is 23.4. The van der Waals surface area contributed by atoms with Gasteiger partial charge in [-0.3, -0.25) is 4.79 Å². The fraction of sp³-hybridized carbons (Fsp3) is 0.462. The molecular weight excluding hydrogens is 376 g/mol. The highest BCUT2D eigenvalue weighted by molar-refractivity contribution is 5.75. The summed E-state index contributed by atoms with van der Waals surface area (Å²) in [5.41, 5.74) is 0. The number of aliphatic carboxylic acids is 1. The summed E-state index contributed by atoms with van der Waals surface area (Å²) in [7, 11) is 0. The van der Waals surface area contributed by atoms with Crippen molar-refractivity contribution in [1.29, 1.82) is 0 Å². The first-order valence-electron chi connectivity index (χ1n) is 10.9. The Kier molecular flexibility index (Phi) is 20.7. The Labute approximate surface area is 182 Å². The molecule has 0 amide bonds. The largest absolute Gasteiger partial charge is 0.550 e. The van der Waals surface area contributed by atoms with Crippen LogP contribution in [0.15, 0.2) is 72.9 Å². The van der Waals surface area contributed by atoms with Crippen molar-refractivity contribution in [3.05, 3.63) is 72.9 Å². The van der Waals surface area contributed by atoms with Gasteiger partial charge in [-0.2, -0.15) is 0 Å². The monoisotopic (exact) mass is 413 g/mol. The minimum absolute atomic E-state index is 0.123. The van der Waals surface area contributed by atoms with Crippen LogP contribution in [-0.4, -0.2) is 18.5 Å². The zero-order chi connectivity index (χ0) is 22.1. The molecule has 0 fully saturated rings. The second kappa shape index (κ2) is 22.7. The van der Waals surface area contributed by atoms with Gasteiger partial charge in [0, 0.05) is 5.97 Å². The first kappa shape index (κ1) is 27.4. The lowest BCUT2D eigenvalue weighted by molar-refractivity contribution is -0.305. The van der Waals surface area contributed by atoms with Gasteiger partial charge in [-0.1, -0.05) is 79.8 Å². The molecule has 0 aliphatic heterocycles. The van der Waals surface area contributed by atoms with Gasteiger partial charge in [0.25, 0.3) is 0 Å². The van der Waals surface area contributed by atoms with E-state index in [2.05, 4.69) is 79.8 Å². The number of ether oxygens (including phenoxy) is 1. The summed E-state index contributed by atoms with van der Waals surface area (Å²) in [6, 6.07) is 0. The number of carbonyl (C=O) groups is 2. The molecule has 0 unspecified atom stereocenters. The van der Waals surface area contributed by atoms with Gasteiger partial charge >= 0.3 is 5.97 Å². The van der Waals surface area contributed by atoms with Crippen molar-refractivity contribution >= 4 is 11.9 Å². The summed E-state index contributed by atoms with van der Waals surface area (Å²) in [6.07, 6.45) is 33.0. The molecule has 0 heterocycles.